The molecule has 0 unspecified atom stereocenters. The number of hydrogen-bond acceptors (Lipinski definition) is 3. The summed E-state index contributed by atoms with van der Waals surface area (Å²) in [7, 11) is 0. The van der Waals surface area contributed by atoms with E-state index in [1.807, 2.05) is 6.92 Å². The van der Waals surface area contributed by atoms with E-state index in [4.69, 9.17) is 16.6 Å². The van der Waals surface area contributed by atoms with E-state index in [9.17, 15) is 14.4 Å². The smallest absolute Gasteiger partial charge is 0.303 e. The lowest BCUT2D eigenvalue weighted by Crippen LogP contribution is -2.20. The second-order valence-electron chi connectivity index (χ2n) is 3.42. The average molecular weight is 252 g/mol. The van der Waals surface area contributed by atoms with Crippen LogP contribution in [0.5, 0.6) is 0 Å². The number of benzene rings is 1. The lowest BCUT2D eigenvalue weighted by Gasteiger charge is -2.00. The van der Waals surface area contributed by atoms with Crippen molar-refractivity contribution in [1.82, 2.24) is 0 Å². The highest BCUT2D eigenvalue weighted by atomic mass is 16.4. The maximum atomic E-state index is 10.7. The molecule has 6 heteroatoms. The van der Waals surface area contributed by atoms with Gasteiger partial charge in [-0.25, -0.2) is 0 Å². The molecular formula is C12H16N2O4. The van der Waals surface area contributed by atoms with E-state index in [0.717, 1.165) is 6.42 Å². The molecule has 0 saturated carbocycles. The van der Waals surface area contributed by atoms with Crippen LogP contribution in [0.15, 0.2) is 24.3 Å². The lowest BCUT2D eigenvalue weighted by atomic mass is 10.1. The second kappa shape index (κ2) is 7.83. The van der Waals surface area contributed by atoms with Gasteiger partial charge in [0, 0.05) is 6.42 Å². The SMILES string of the molecule is CCCC(=O)O.NC(=O)c1ccccc1C(N)=O. The number of hydrogen-bond donors (Lipinski definition) is 3. The fourth-order valence-electron chi connectivity index (χ4n) is 1.13. The van der Waals surface area contributed by atoms with Gasteiger partial charge in [0.1, 0.15) is 0 Å². The van der Waals surface area contributed by atoms with E-state index in [1.165, 1.54) is 12.1 Å². The number of amides is 2. The molecule has 0 atom stereocenters. The van der Waals surface area contributed by atoms with Gasteiger partial charge in [0.25, 0.3) is 0 Å². The fraction of sp³-hybridized carbons (Fsp3) is 0.250. The Bertz CT molecular complexity index is 410. The second-order valence-corrected chi connectivity index (χ2v) is 3.42. The molecule has 2 amide bonds. The first-order chi connectivity index (χ1) is 8.40. The Morgan fingerprint density at radius 2 is 1.44 bits per heavy atom. The summed E-state index contributed by atoms with van der Waals surface area (Å²) in [5.74, 6) is -2.01. The minimum atomic E-state index is -0.711. The first kappa shape index (κ1) is 15.6. The number of carbonyl (C=O) groups excluding carboxylic acids is 2. The number of carbonyl (C=O) groups is 3. The van der Waals surface area contributed by atoms with Crippen LogP contribution in [0, 0.1) is 0 Å². The monoisotopic (exact) mass is 252 g/mol. The molecular weight excluding hydrogens is 236 g/mol. The third-order valence-corrected chi connectivity index (χ3v) is 1.92. The highest BCUT2D eigenvalue weighted by Crippen LogP contribution is 2.06. The van der Waals surface area contributed by atoms with Crippen LogP contribution in [0.4, 0.5) is 0 Å². The van der Waals surface area contributed by atoms with Crippen LogP contribution in [-0.4, -0.2) is 22.9 Å². The zero-order valence-electron chi connectivity index (χ0n) is 10.1. The topological polar surface area (TPSA) is 123 Å². The van der Waals surface area contributed by atoms with E-state index in [0.29, 0.717) is 6.42 Å². The molecule has 98 valence electrons. The maximum absolute atomic E-state index is 10.7. The van der Waals surface area contributed by atoms with Crippen LogP contribution in [0.2, 0.25) is 0 Å². The molecule has 18 heavy (non-hydrogen) atoms. The summed E-state index contributed by atoms with van der Waals surface area (Å²) >= 11 is 0. The third kappa shape index (κ3) is 5.64. The molecule has 0 aliphatic rings. The van der Waals surface area contributed by atoms with Gasteiger partial charge in [-0.3, -0.25) is 14.4 Å². The molecule has 5 N–H and O–H groups in total. The van der Waals surface area contributed by atoms with E-state index < -0.39 is 17.8 Å². The van der Waals surface area contributed by atoms with E-state index in [1.54, 1.807) is 12.1 Å². The highest BCUT2D eigenvalue weighted by Gasteiger charge is 2.10. The van der Waals surface area contributed by atoms with Crippen LogP contribution in [0.3, 0.4) is 0 Å². The Morgan fingerprint density at radius 1 is 1.06 bits per heavy atom. The number of aliphatic carboxylic acids is 1. The summed E-state index contributed by atoms with van der Waals surface area (Å²) < 4.78 is 0. The molecule has 0 radical (unpaired) electrons. The maximum Gasteiger partial charge on any atom is 0.303 e. The van der Waals surface area contributed by atoms with Crippen LogP contribution in [0.1, 0.15) is 40.5 Å². The minimum Gasteiger partial charge on any atom is -0.481 e. The molecule has 1 aromatic carbocycles. The third-order valence-electron chi connectivity index (χ3n) is 1.92. The van der Waals surface area contributed by atoms with Gasteiger partial charge in [0.2, 0.25) is 11.8 Å². The Kier molecular flexibility index (Phi) is 6.80. The number of rotatable bonds is 4. The Morgan fingerprint density at radius 3 is 1.61 bits per heavy atom. The van der Waals surface area contributed by atoms with Gasteiger partial charge in [0.05, 0.1) is 11.1 Å². The standard InChI is InChI=1S/C8H8N2O2.C4H8O2/c9-7(11)5-3-1-2-4-6(5)8(10)12;1-2-3-4(5)6/h1-4H,(H2,9,11)(H2,10,12);2-3H2,1H3,(H,5,6). The summed E-state index contributed by atoms with van der Waals surface area (Å²) in [4.78, 5) is 31.1. The van der Waals surface area contributed by atoms with Crippen molar-refractivity contribution in [2.24, 2.45) is 11.5 Å². The summed E-state index contributed by atoms with van der Waals surface area (Å²) in [6.07, 6.45) is 1.02. The minimum absolute atomic E-state index is 0.157. The molecule has 1 aromatic rings. The van der Waals surface area contributed by atoms with Crippen molar-refractivity contribution in [2.75, 3.05) is 0 Å². The normalized spacial score (nSPS) is 8.94. The molecule has 1 rings (SSSR count). The van der Waals surface area contributed by atoms with Crippen LogP contribution >= 0.6 is 0 Å². The fourth-order valence-corrected chi connectivity index (χ4v) is 1.13. The molecule has 0 saturated heterocycles. The lowest BCUT2D eigenvalue weighted by molar-refractivity contribution is -0.137. The number of carboxylic acid groups (broad SMARTS) is 1. The Hall–Kier alpha value is -2.37. The number of primary amides is 2. The molecule has 0 spiro atoms. The van der Waals surface area contributed by atoms with Gasteiger partial charge >= 0.3 is 5.97 Å². The predicted molar refractivity (Wildman–Crippen MR) is 66.0 cm³/mol. The Balaban J connectivity index is 0.000000411. The van der Waals surface area contributed by atoms with Gasteiger partial charge in [0.15, 0.2) is 0 Å². The zero-order valence-corrected chi connectivity index (χ0v) is 10.1. The molecule has 0 aliphatic heterocycles. The van der Waals surface area contributed by atoms with Crippen LogP contribution in [0.25, 0.3) is 0 Å². The van der Waals surface area contributed by atoms with Crippen molar-refractivity contribution in [3.63, 3.8) is 0 Å². The number of carboxylic acids is 1. The van der Waals surface area contributed by atoms with Crippen molar-refractivity contribution < 1.29 is 19.5 Å². The largest absolute Gasteiger partial charge is 0.481 e. The van der Waals surface area contributed by atoms with E-state index in [-0.39, 0.29) is 11.1 Å². The molecule has 0 heterocycles. The van der Waals surface area contributed by atoms with Gasteiger partial charge in [-0.05, 0) is 18.6 Å². The molecule has 0 bridgehead atoms. The summed E-state index contributed by atoms with van der Waals surface area (Å²) in [5, 5.41) is 7.91. The summed E-state index contributed by atoms with van der Waals surface area (Å²) in [6, 6.07) is 6.16. The first-order valence-electron chi connectivity index (χ1n) is 5.30. The van der Waals surface area contributed by atoms with Crippen molar-refractivity contribution in [3.8, 4) is 0 Å². The van der Waals surface area contributed by atoms with Crippen molar-refractivity contribution in [2.45, 2.75) is 19.8 Å². The summed E-state index contributed by atoms with van der Waals surface area (Å²) in [6.45, 7) is 1.84. The van der Waals surface area contributed by atoms with E-state index >= 15 is 0 Å². The van der Waals surface area contributed by atoms with E-state index in [2.05, 4.69) is 0 Å². The van der Waals surface area contributed by atoms with Gasteiger partial charge < -0.3 is 16.6 Å². The van der Waals surface area contributed by atoms with Crippen LogP contribution in [-0.2, 0) is 4.79 Å². The van der Waals surface area contributed by atoms with Crippen LogP contribution < -0.4 is 11.5 Å². The molecule has 0 aliphatic carbocycles. The summed E-state index contributed by atoms with van der Waals surface area (Å²) in [5.41, 5.74) is 10.3. The number of nitrogens with two attached hydrogens (primary N) is 2. The van der Waals surface area contributed by atoms with Gasteiger partial charge in [-0.2, -0.15) is 0 Å². The highest BCUT2D eigenvalue weighted by molar-refractivity contribution is 6.06. The molecule has 0 fully saturated rings. The van der Waals surface area contributed by atoms with Gasteiger partial charge in [-0.15, -0.1) is 0 Å². The average Bonchev–Trinajstić information content (AvgIpc) is 2.29. The predicted octanol–water partition coefficient (Wildman–Crippen LogP) is 0.755. The zero-order chi connectivity index (χ0) is 14.1. The van der Waals surface area contributed by atoms with Crippen molar-refractivity contribution in [1.29, 1.82) is 0 Å². The first-order valence-corrected chi connectivity index (χ1v) is 5.30. The quantitative estimate of drug-likeness (QED) is 0.731. The van der Waals surface area contributed by atoms with Crippen molar-refractivity contribution >= 4 is 17.8 Å². The van der Waals surface area contributed by atoms with Gasteiger partial charge in [-0.1, -0.05) is 19.1 Å². The van der Waals surface area contributed by atoms with Crippen molar-refractivity contribution in [3.05, 3.63) is 35.4 Å². The molecule has 0 aromatic heterocycles. The Labute approximate surface area is 105 Å². The molecule has 6 nitrogen and oxygen atoms in total.